The van der Waals surface area contributed by atoms with Gasteiger partial charge in [0.05, 0.1) is 5.56 Å². The molecule has 2 unspecified atom stereocenters. The summed E-state index contributed by atoms with van der Waals surface area (Å²) in [5, 5.41) is 19.7. The maximum Gasteiger partial charge on any atom is 0.271 e. The van der Waals surface area contributed by atoms with Gasteiger partial charge in [-0.3, -0.25) is 14.2 Å². The summed E-state index contributed by atoms with van der Waals surface area (Å²) >= 11 is 11.4. The molecule has 0 bridgehead atoms. The van der Waals surface area contributed by atoms with Crippen molar-refractivity contribution in [3.8, 4) is 11.9 Å². The Hall–Kier alpha value is -1.77. The van der Waals surface area contributed by atoms with Crippen LogP contribution >= 0.6 is 23.2 Å². The molecule has 1 saturated carbocycles. The number of hydrogen-bond acceptors (Lipinski definition) is 4. The second kappa shape index (κ2) is 6.27. The van der Waals surface area contributed by atoms with Crippen LogP contribution in [0, 0.1) is 35.5 Å². The first kappa shape index (κ1) is 18.6. The Morgan fingerprint density at radius 3 is 2.50 bits per heavy atom. The smallest absolute Gasteiger partial charge is 0.271 e. The summed E-state index contributed by atoms with van der Waals surface area (Å²) < 4.78 is 1.12. The summed E-state index contributed by atoms with van der Waals surface area (Å²) in [4.78, 5) is 25.2. The highest BCUT2D eigenvalue weighted by Crippen LogP contribution is 2.61. The molecule has 1 fully saturated rings. The minimum atomic E-state index is -0.596. The summed E-state index contributed by atoms with van der Waals surface area (Å²) in [6.45, 7) is 7.12. The first-order valence-corrected chi connectivity index (χ1v) is 8.28. The molecule has 0 radical (unpaired) electrons. The Labute approximate surface area is 150 Å². The van der Waals surface area contributed by atoms with Gasteiger partial charge in [-0.15, -0.1) is 0 Å². The molecule has 0 aliphatic heterocycles. The maximum atomic E-state index is 13.0. The van der Waals surface area contributed by atoms with Gasteiger partial charge in [0.25, 0.3) is 5.56 Å². The van der Waals surface area contributed by atoms with E-state index in [1.54, 1.807) is 13.0 Å². The number of aromatic nitrogens is 1. The van der Waals surface area contributed by atoms with E-state index in [4.69, 9.17) is 23.2 Å². The highest BCUT2D eigenvalue weighted by atomic mass is 35.5. The van der Waals surface area contributed by atoms with Crippen LogP contribution in [-0.2, 0) is 6.54 Å². The fourth-order valence-electron chi connectivity index (χ4n) is 3.32. The molecule has 2 atom stereocenters. The molecule has 0 saturated heterocycles. The Kier molecular flexibility index (Phi) is 4.85. The van der Waals surface area contributed by atoms with Crippen molar-refractivity contribution in [2.45, 2.75) is 34.2 Å². The van der Waals surface area contributed by atoms with Gasteiger partial charge in [0.2, 0.25) is 5.88 Å². The van der Waals surface area contributed by atoms with E-state index in [1.165, 1.54) is 6.92 Å². The molecular formula is C17H18Cl2N2O3. The second-order valence-electron chi connectivity index (χ2n) is 6.51. The van der Waals surface area contributed by atoms with Crippen molar-refractivity contribution in [3.63, 3.8) is 0 Å². The lowest BCUT2D eigenvalue weighted by atomic mass is 9.96. The minimum absolute atomic E-state index is 0.0210. The highest BCUT2D eigenvalue weighted by Gasteiger charge is 2.61. The number of carbonyl (C=O) groups excluding carboxylic acids is 1. The minimum Gasteiger partial charge on any atom is -0.494 e. The van der Waals surface area contributed by atoms with Crippen molar-refractivity contribution in [1.82, 2.24) is 4.57 Å². The zero-order valence-electron chi connectivity index (χ0n) is 13.9. The number of rotatable bonds is 4. The average Bonchev–Trinajstić information content (AvgIpc) is 2.99. The molecule has 24 heavy (non-hydrogen) atoms. The Morgan fingerprint density at radius 2 is 2.04 bits per heavy atom. The fourth-order valence-corrected chi connectivity index (χ4v) is 3.59. The van der Waals surface area contributed by atoms with Gasteiger partial charge in [0.1, 0.15) is 16.1 Å². The molecule has 1 aromatic rings. The van der Waals surface area contributed by atoms with Crippen LogP contribution in [0.2, 0.25) is 0 Å². The quantitative estimate of drug-likeness (QED) is 0.823. The topological polar surface area (TPSA) is 83.1 Å². The van der Waals surface area contributed by atoms with E-state index in [2.05, 4.69) is 0 Å². The van der Waals surface area contributed by atoms with Crippen molar-refractivity contribution in [2.75, 3.05) is 0 Å². The molecule has 1 aliphatic carbocycles. The van der Waals surface area contributed by atoms with Gasteiger partial charge >= 0.3 is 0 Å². The van der Waals surface area contributed by atoms with E-state index in [9.17, 15) is 20.0 Å². The third kappa shape index (κ3) is 2.74. The SMILES string of the molecule is CCn1c(O)c(C(=O)C2C(C=C(Cl)Cl)C2(C)C)c(C)c(C#N)c1=O. The monoisotopic (exact) mass is 368 g/mol. The molecule has 1 N–H and O–H groups in total. The predicted molar refractivity (Wildman–Crippen MR) is 92.4 cm³/mol. The van der Waals surface area contributed by atoms with Crippen LogP contribution in [0.4, 0.5) is 0 Å². The van der Waals surface area contributed by atoms with Gasteiger partial charge in [-0.2, -0.15) is 5.26 Å². The van der Waals surface area contributed by atoms with E-state index >= 15 is 0 Å². The molecular weight excluding hydrogens is 351 g/mol. The average molecular weight is 369 g/mol. The maximum absolute atomic E-state index is 13.0. The Bertz CT molecular complexity index is 843. The number of carbonyl (C=O) groups is 1. The summed E-state index contributed by atoms with van der Waals surface area (Å²) in [6.07, 6.45) is 1.61. The van der Waals surface area contributed by atoms with Gasteiger partial charge in [-0.1, -0.05) is 37.0 Å². The summed E-state index contributed by atoms with van der Waals surface area (Å²) in [7, 11) is 0. The van der Waals surface area contributed by atoms with E-state index in [0.29, 0.717) is 0 Å². The standard InChI is InChI=1S/C17H18Cl2N2O3/c1-5-21-15(23)9(7-20)8(2)12(16(21)24)14(22)13-10(6-11(18)19)17(13,3)4/h6,10,13,24H,5H2,1-4H3. The van der Waals surface area contributed by atoms with Crippen molar-refractivity contribution in [2.24, 2.45) is 17.3 Å². The normalized spacial score (nSPS) is 21.0. The highest BCUT2D eigenvalue weighted by molar-refractivity contribution is 6.55. The van der Waals surface area contributed by atoms with Crippen LogP contribution in [0.15, 0.2) is 15.4 Å². The van der Waals surface area contributed by atoms with Crippen LogP contribution in [0.5, 0.6) is 5.88 Å². The van der Waals surface area contributed by atoms with E-state index in [-0.39, 0.29) is 44.8 Å². The van der Waals surface area contributed by atoms with Gasteiger partial charge in [-0.05, 0) is 36.8 Å². The predicted octanol–water partition coefficient (Wildman–Crippen LogP) is 3.53. The Morgan fingerprint density at radius 1 is 1.46 bits per heavy atom. The summed E-state index contributed by atoms with van der Waals surface area (Å²) in [5.74, 6) is -1.30. The number of Topliss-reactive ketones (excluding diaryl/α,β-unsaturated/α-hetero) is 1. The van der Waals surface area contributed by atoms with Gasteiger partial charge in [-0.25, -0.2) is 0 Å². The van der Waals surface area contributed by atoms with Crippen LogP contribution in [-0.4, -0.2) is 15.5 Å². The van der Waals surface area contributed by atoms with Gasteiger partial charge in [0.15, 0.2) is 5.78 Å². The molecule has 1 aromatic heterocycles. The van der Waals surface area contributed by atoms with Crippen LogP contribution in [0.25, 0.3) is 0 Å². The fraction of sp³-hybridized carbons (Fsp3) is 0.471. The van der Waals surface area contributed by atoms with Crippen molar-refractivity contribution in [1.29, 1.82) is 5.26 Å². The van der Waals surface area contributed by atoms with Crippen LogP contribution in [0.1, 0.15) is 42.3 Å². The number of pyridine rings is 1. The lowest BCUT2D eigenvalue weighted by molar-refractivity contribution is 0.0946. The second-order valence-corrected chi connectivity index (χ2v) is 7.51. The van der Waals surface area contributed by atoms with E-state index in [0.717, 1.165) is 4.57 Å². The molecule has 2 rings (SSSR count). The number of halogens is 2. The molecule has 1 heterocycles. The summed E-state index contributed by atoms with van der Waals surface area (Å²) in [6, 6.07) is 1.83. The van der Waals surface area contributed by atoms with Gasteiger partial charge < -0.3 is 5.11 Å². The number of nitriles is 1. The molecule has 5 nitrogen and oxygen atoms in total. The largest absolute Gasteiger partial charge is 0.494 e. The van der Waals surface area contributed by atoms with Crippen molar-refractivity contribution < 1.29 is 9.90 Å². The van der Waals surface area contributed by atoms with Crippen molar-refractivity contribution in [3.05, 3.63) is 37.6 Å². The van der Waals surface area contributed by atoms with Crippen molar-refractivity contribution >= 4 is 29.0 Å². The third-order valence-corrected chi connectivity index (χ3v) is 5.11. The first-order chi connectivity index (χ1) is 11.1. The number of allylic oxidation sites excluding steroid dienone is 1. The number of ketones is 1. The molecule has 0 amide bonds. The van der Waals surface area contributed by atoms with Gasteiger partial charge in [0, 0.05) is 12.5 Å². The lowest BCUT2D eigenvalue weighted by Crippen LogP contribution is -2.26. The molecule has 0 aromatic carbocycles. The lowest BCUT2D eigenvalue weighted by Gasteiger charge is -2.14. The molecule has 7 heteroatoms. The van der Waals surface area contributed by atoms with E-state index < -0.39 is 17.4 Å². The number of nitrogens with zero attached hydrogens (tertiary/aromatic N) is 2. The molecule has 128 valence electrons. The third-order valence-electron chi connectivity index (χ3n) is 4.86. The first-order valence-electron chi connectivity index (χ1n) is 7.53. The van der Waals surface area contributed by atoms with E-state index in [1.807, 2.05) is 19.9 Å². The number of aromatic hydroxyl groups is 1. The number of hydrogen-bond donors (Lipinski definition) is 1. The zero-order valence-corrected chi connectivity index (χ0v) is 15.4. The van der Waals surface area contributed by atoms with Crippen LogP contribution < -0.4 is 5.56 Å². The zero-order chi connectivity index (χ0) is 18.4. The molecule has 0 spiro atoms. The summed E-state index contributed by atoms with van der Waals surface area (Å²) in [5.41, 5.74) is -0.865. The van der Waals surface area contributed by atoms with Crippen LogP contribution in [0.3, 0.4) is 0 Å². The molecule has 1 aliphatic rings. The Balaban J connectivity index is 2.62.